The number of hydrogen-bond acceptors (Lipinski definition) is 3. The molecule has 0 unspecified atom stereocenters. The minimum absolute atomic E-state index is 0.0926. The molecule has 96 valence electrons. The summed E-state index contributed by atoms with van der Waals surface area (Å²) in [5.41, 5.74) is -1.20. The van der Waals surface area contributed by atoms with Crippen molar-refractivity contribution in [1.82, 2.24) is 0 Å². The van der Waals surface area contributed by atoms with Crippen LogP contribution in [0.25, 0.3) is 0 Å². The van der Waals surface area contributed by atoms with Crippen LogP contribution in [0.4, 0.5) is 18.9 Å². The summed E-state index contributed by atoms with van der Waals surface area (Å²) in [6, 6.07) is 3.39. The zero-order valence-corrected chi connectivity index (χ0v) is 9.39. The van der Waals surface area contributed by atoms with Gasteiger partial charge in [-0.15, -0.1) is 0 Å². The highest BCUT2D eigenvalue weighted by molar-refractivity contribution is 6.33. The van der Waals surface area contributed by atoms with Crippen molar-refractivity contribution in [2.45, 2.75) is 12.3 Å². The van der Waals surface area contributed by atoms with Gasteiger partial charge in [0.15, 0.2) is 0 Å². The normalized spacial score (nSPS) is 13.5. The number of halogens is 4. The zero-order valence-electron chi connectivity index (χ0n) is 8.63. The van der Waals surface area contributed by atoms with Gasteiger partial charge >= 0.3 is 6.18 Å². The minimum Gasteiger partial charge on any atom is -0.394 e. The van der Waals surface area contributed by atoms with Gasteiger partial charge in [0.2, 0.25) is 0 Å². The number of aliphatic hydroxyl groups is 2. The molecule has 0 spiro atoms. The van der Waals surface area contributed by atoms with Crippen molar-refractivity contribution in [3.63, 3.8) is 0 Å². The summed E-state index contributed by atoms with van der Waals surface area (Å²) in [5, 5.41) is 19.9. The third kappa shape index (κ3) is 3.76. The van der Waals surface area contributed by atoms with Gasteiger partial charge in [0.1, 0.15) is 0 Å². The molecule has 0 bridgehead atoms. The van der Waals surface area contributed by atoms with Crippen molar-refractivity contribution in [3.8, 4) is 0 Å². The van der Waals surface area contributed by atoms with Crippen LogP contribution in [-0.4, -0.2) is 29.5 Å². The van der Waals surface area contributed by atoms with Gasteiger partial charge in [0.05, 0.1) is 29.0 Å². The maximum absolute atomic E-state index is 12.6. The van der Waals surface area contributed by atoms with E-state index in [1.807, 2.05) is 0 Å². The standard InChI is InChI=1S/C10H11ClF3NO2/c11-8-3-1-2-7(10(12,13)14)9(8)15-4-6(17)5-16/h1-3,6,15-17H,4-5H2/t6-/m0/s1. The van der Waals surface area contributed by atoms with E-state index in [0.29, 0.717) is 0 Å². The molecule has 7 heteroatoms. The number of anilines is 1. The zero-order chi connectivity index (χ0) is 13.1. The maximum atomic E-state index is 12.6. The second-order valence-corrected chi connectivity index (χ2v) is 3.78. The van der Waals surface area contributed by atoms with Gasteiger partial charge in [-0.2, -0.15) is 13.2 Å². The summed E-state index contributed by atoms with van der Waals surface area (Å²) in [7, 11) is 0. The van der Waals surface area contributed by atoms with E-state index >= 15 is 0 Å². The number of hydrogen-bond donors (Lipinski definition) is 3. The fraction of sp³-hybridized carbons (Fsp3) is 0.400. The summed E-state index contributed by atoms with van der Waals surface area (Å²) in [6.45, 7) is -0.762. The Balaban J connectivity index is 2.96. The van der Waals surface area contributed by atoms with Crippen LogP contribution in [0.15, 0.2) is 18.2 Å². The molecule has 1 aromatic rings. The van der Waals surface area contributed by atoms with Gasteiger partial charge < -0.3 is 15.5 Å². The smallest absolute Gasteiger partial charge is 0.394 e. The first-order chi connectivity index (χ1) is 7.86. The van der Waals surface area contributed by atoms with Crippen molar-refractivity contribution in [3.05, 3.63) is 28.8 Å². The first-order valence-corrected chi connectivity index (χ1v) is 5.12. The van der Waals surface area contributed by atoms with Gasteiger partial charge in [-0.25, -0.2) is 0 Å². The average Bonchev–Trinajstić information content (AvgIpc) is 2.25. The number of benzene rings is 1. The van der Waals surface area contributed by atoms with Gasteiger partial charge in [-0.05, 0) is 12.1 Å². The number of nitrogens with one attached hydrogen (secondary N) is 1. The summed E-state index contributed by atoms with van der Waals surface area (Å²) < 4.78 is 37.9. The number of alkyl halides is 3. The Morgan fingerprint density at radius 3 is 2.53 bits per heavy atom. The molecule has 1 aromatic carbocycles. The first-order valence-electron chi connectivity index (χ1n) is 4.74. The SMILES string of the molecule is OC[C@@H](O)CNc1c(Cl)cccc1C(F)(F)F. The topological polar surface area (TPSA) is 52.5 Å². The van der Waals surface area contributed by atoms with E-state index in [0.717, 1.165) is 6.07 Å². The monoisotopic (exact) mass is 269 g/mol. The van der Waals surface area contributed by atoms with Gasteiger partial charge in [-0.1, -0.05) is 17.7 Å². The average molecular weight is 270 g/mol. The van der Waals surface area contributed by atoms with Crippen LogP contribution < -0.4 is 5.32 Å². The highest BCUT2D eigenvalue weighted by Gasteiger charge is 2.34. The Bertz CT molecular complexity index is 384. The van der Waals surface area contributed by atoms with E-state index in [-0.39, 0.29) is 17.3 Å². The highest BCUT2D eigenvalue weighted by atomic mass is 35.5. The Labute approximate surface area is 101 Å². The summed E-state index contributed by atoms with van der Waals surface area (Å²) in [5.74, 6) is 0. The van der Waals surface area contributed by atoms with Gasteiger partial charge in [0, 0.05) is 6.54 Å². The van der Waals surface area contributed by atoms with Gasteiger partial charge in [0.25, 0.3) is 0 Å². The van der Waals surface area contributed by atoms with Crippen molar-refractivity contribution in [2.75, 3.05) is 18.5 Å². The maximum Gasteiger partial charge on any atom is 0.418 e. The lowest BCUT2D eigenvalue weighted by molar-refractivity contribution is -0.137. The number of rotatable bonds is 4. The van der Waals surface area contributed by atoms with Crippen LogP contribution in [-0.2, 0) is 6.18 Å². The van der Waals surface area contributed by atoms with Crippen molar-refractivity contribution in [2.24, 2.45) is 0 Å². The third-order valence-corrected chi connectivity index (χ3v) is 2.36. The van der Waals surface area contributed by atoms with Gasteiger partial charge in [-0.3, -0.25) is 0 Å². The summed E-state index contributed by atoms with van der Waals surface area (Å²) >= 11 is 5.66. The highest BCUT2D eigenvalue weighted by Crippen LogP contribution is 2.38. The predicted octanol–water partition coefficient (Wildman–Crippen LogP) is 2.12. The number of para-hydroxylation sites is 1. The first kappa shape index (κ1) is 14.1. The van der Waals surface area contributed by atoms with E-state index in [4.69, 9.17) is 21.8 Å². The fourth-order valence-corrected chi connectivity index (χ4v) is 1.47. The van der Waals surface area contributed by atoms with Crippen LogP contribution in [0.2, 0.25) is 5.02 Å². The Morgan fingerprint density at radius 2 is 2.00 bits per heavy atom. The molecule has 1 rings (SSSR count). The lowest BCUT2D eigenvalue weighted by Gasteiger charge is -2.17. The van der Waals surface area contributed by atoms with Crippen LogP contribution in [0.5, 0.6) is 0 Å². The second-order valence-electron chi connectivity index (χ2n) is 3.38. The fourth-order valence-electron chi connectivity index (χ4n) is 1.22. The molecular weight excluding hydrogens is 259 g/mol. The van der Waals surface area contributed by atoms with E-state index in [9.17, 15) is 13.2 Å². The Hall–Kier alpha value is -0.980. The summed E-state index contributed by atoms with van der Waals surface area (Å²) in [4.78, 5) is 0. The lowest BCUT2D eigenvalue weighted by atomic mass is 10.1. The molecule has 0 aliphatic rings. The molecule has 0 amide bonds. The Kier molecular flexibility index (Phi) is 4.62. The number of aliphatic hydroxyl groups excluding tert-OH is 2. The van der Waals surface area contributed by atoms with Crippen molar-refractivity contribution < 1.29 is 23.4 Å². The molecule has 0 aliphatic carbocycles. The Morgan fingerprint density at radius 1 is 1.35 bits per heavy atom. The molecule has 0 saturated heterocycles. The van der Waals surface area contributed by atoms with Crippen molar-refractivity contribution in [1.29, 1.82) is 0 Å². The molecule has 0 heterocycles. The molecule has 0 radical (unpaired) electrons. The van der Waals surface area contributed by atoms with Crippen molar-refractivity contribution >= 4 is 17.3 Å². The van der Waals surface area contributed by atoms with E-state index in [1.54, 1.807) is 0 Å². The molecule has 17 heavy (non-hydrogen) atoms. The van der Waals surface area contributed by atoms with E-state index < -0.39 is 24.5 Å². The molecule has 3 nitrogen and oxygen atoms in total. The molecule has 0 aliphatic heterocycles. The molecule has 0 aromatic heterocycles. The molecule has 3 N–H and O–H groups in total. The second kappa shape index (κ2) is 5.57. The van der Waals surface area contributed by atoms with Crippen LogP contribution in [0, 0.1) is 0 Å². The molecule has 0 fully saturated rings. The molecular formula is C10H11ClF3NO2. The third-order valence-electron chi connectivity index (χ3n) is 2.04. The van der Waals surface area contributed by atoms with E-state index in [1.165, 1.54) is 12.1 Å². The largest absolute Gasteiger partial charge is 0.418 e. The predicted molar refractivity (Wildman–Crippen MR) is 58.0 cm³/mol. The molecule has 1 atom stereocenters. The van der Waals surface area contributed by atoms with Crippen LogP contribution in [0.3, 0.4) is 0 Å². The lowest BCUT2D eigenvalue weighted by Crippen LogP contribution is -2.24. The molecule has 0 saturated carbocycles. The minimum atomic E-state index is -4.53. The quantitative estimate of drug-likeness (QED) is 0.785. The van der Waals surface area contributed by atoms with Crippen LogP contribution in [0.1, 0.15) is 5.56 Å². The summed E-state index contributed by atoms with van der Waals surface area (Å²) in [6.07, 6.45) is -5.68. The van der Waals surface area contributed by atoms with E-state index in [2.05, 4.69) is 5.32 Å². The van der Waals surface area contributed by atoms with Crippen LogP contribution >= 0.6 is 11.6 Å².